The van der Waals surface area contributed by atoms with Crippen molar-refractivity contribution < 1.29 is 4.79 Å². The van der Waals surface area contributed by atoms with E-state index in [9.17, 15) is 4.79 Å². The Morgan fingerprint density at radius 1 is 0.759 bits per heavy atom. The van der Waals surface area contributed by atoms with Crippen molar-refractivity contribution in [3.05, 3.63) is 90.0 Å². The Bertz CT molecular complexity index is 1320. The fourth-order valence-corrected chi connectivity index (χ4v) is 4.14. The monoisotopic (exact) mass is 378 g/mol. The first-order valence-electron chi connectivity index (χ1n) is 9.83. The quantitative estimate of drug-likeness (QED) is 0.414. The number of hydrogen-bond donors (Lipinski definition) is 1. The second kappa shape index (κ2) is 6.78. The number of carbonyl (C=O) groups is 1. The topological polar surface area (TPSA) is 32.3 Å². The summed E-state index contributed by atoms with van der Waals surface area (Å²) in [6, 6.07) is 27.1. The molecule has 1 N–H and O–H groups in total. The van der Waals surface area contributed by atoms with E-state index < -0.39 is 0 Å². The predicted molar refractivity (Wildman–Crippen MR) is 122 cm³/mol. The van der Waals surface area contributed by atoms with Gasteiger partial charge in [0.05, 0.1) is 0 Å². The van der Waals surface area contributed by atoms with Gasteiger partial charge in [-0.25, -0.2) is 0 Å². The summed E-state index contributed by atoms with van der Waals surface area (Å²) in [5.41, 5.74) is 2.88. The van der Waals surface area contributed by atoms with Crippen molar-refractivity contribution in [1.29, 1.82) is 0 Å². The van der Waals surface area contributed by atoms with Gasteiger partial charge in [0.2, 0.25) is 0 Å². The van der Waals surface area contributed by atoms with Gasteiger partial charge in [0.15, 0.2) is 0 Å². The number of amides is 1. The zero-order valence-electron chi connectivity index (χ0n) is 16.6. The van der Waals surface area contributed by atoms with Crippen LogP contribution in [-0.4, -0.2) is 20.0 Å². The Hall–Kier alpha value is -3.59. The molecule has 0 heterocycles. The van der Waals surface area contributed by atoms with Gasteiger partial charge < -0.3 is 10.2 Å². The molecular formula is C26H22N2O. The van der Waals surface area contributed by atoms with Gasteiger partial charge in [-0.1, -0.05) is 54.6 Å². The standard InChI is InChI=1S/C26H22N2O/c1-28(2)22-13-10-20(11-14-22)26(29)27-16-21-9-8-19-7-6-17-4-3-5-18-12-15-23(21)25(19)24(17)18/h3-15H,16H2,1-2H3,(H,27,29). The van der Waals surface area contributed by atoms with Crippen LogP contribution < -0.4 is 10.2 Å². The Balaban J connectivity index is 1.48. The minimum absolute atomic E-state index is 0.0546. The molecule has 0 aliphatic heterocycles. The molecule has 0 bridgehead atoms. The van der Waals surface area contributed by atoms with Crippen molar-refractivity contribution in [2.45, 2.75) is 6.54 Å². The highest BCUT2D eigenvalue weighted by Gasteiger charge is 2.12. The zero-order valence-corrected chi connectivity index (χ0v) is 16.6. The molecule has 1 amide bonds. The second-order valence-electron chi connectivity index (χ2n) is 7.70. The molecular weight excluding hydrogens is 356 g/mol. The molecule has 142 valence electrons. The molecule has 5 aromatic rings. The first-order chi connectivity index (χ1) is 14.1. The maximum Gasteiger partial charge on any atom is 0.251 e. The fourth-order valence-electron chi connectivity index (χ4n) is 4.14. The SMILES string of the molecule is CN(C)c1ccc(C(=O)NCc2ccc3ccc4cccc5ccc2c3c45)cc1. The first-order valence-corrected chi connectivity index (χ1v) is 9.83. The Kier molecular flexibility index (Phi) is 4.09. The molecule has 0 spiro atoms. The van der Waals surface area contributed by atoms with Gasteiger partial charge >= 0.3 is 0 Å². The highest BCUT2D eigenvalue weighted by Crippen LogP contribution is 2.35. The number of anilines is 1. The molecule has 29 heavy (non-hydrogen) atoms. The Morgan fingerprint density at radius 3 is 2.07 bits per heavy atom. The summed E-state index contributed by atoms with van der Waals surface area (Å²) in [5.74, 6) is -0.0546. The number of nitrogens with zero attached hydrogens (tertiary/aromatic N) is 1. The van der Waals surface area contributed by atoms with Crippen LogP contribution in [0.15, 0.2) is 78.9 Å². The second-order valence-corrected chi connectivity index (χ2v) is 7.70. The van der Waals surface area contributed by atoms with E-state index in [1.165, 1.54) is 32.3 Å². The van der Waals surface area contributed by atoms with E-state index in [1.54, 1.807) is 0 Å². The third-order valence-corrected chi connectivity index (χ3v) is 5.70. The normalized spacial score (nSPS) is 11.4. The van der Waals surface area contributed by atoms with Gasteiger partial charge in [-0.15, -0.1) is 0 Å². The third-order valence-electron chi connectivity index (χ3n) is 5.70. The van der Waals surface area contributed by atoms with Gasteiger partial charge in [-0.2, -0.15) is 0 Å². The van der Waals surface area contributed by atoms with Crippen molar-refractivity contribution >= 4 is 43.9 Å². The molecule has 0 unspecified atom stereocenters. The highest BCUT2D eigenvalue weighted by molar-refractivity contribution is 6.23. The van der Waals surface area contributed by atoms with E-state index in [0.29, 0.717) is 12.1 Å². The van der Waals surface area contributed by atoms with E-state index in [4.69, 9.17) is 0 Å². The maximum atomic E-state index is 12.6. The molecule has 5 aromatic carbocycles. The summed E-state index contributed by atoms with van der Waals surface area (Å²) in [6.07, 6.45) is 0. The molecule has 0 aliphatic carbocycles. The maximum absolute atomic E-state index is 12.6. The van der Waals surface area contributed by atoms with Crippen molar-refractivity contribution in [2.24, 2.45) is 0 Å². The molecule has 3 heteroatoms. The van der Waals surface area contributed by atoms with Crippen LogP contribution in [0.4, 0.5) is 5.69 Å². The average molecular weight is 378 g/mol. The van der Waals surface area contributed by atoms with Gasteiger partial charge in [0.25, 0.3) is 5.91 Å². The molecule has 3 nitrogen and oxygen atoms in total. The molecule has 0 aliphatic rings. The van der Waals surface area contributed by atoms with Crippen LogP contribution >= 0.6 is 0 Å². The van der Waals surface area contributed by atoms with E-state index in [1.807, 2.05) is 43.3 Å². The van der Waals surface area contributed by atoms with Gasteiger partial charge in [-0.05, 0) is 62.1 Å². The lowest BCUT2D eigenvalue weighted by molar-refractivity contribution is 0.0951. The van der Waals surface area contributed by atoms with Gasteiger partial charge in [0, 0.05) is 31.9 Å². The van der Waals surface area contributed by atoms with E-state index >= 15 is 0 Å². The molecule has 5 rings (SSSR count). The van der Waals surface area contributed by atoms with Crippen LogP contribution in [0.25, 0.3) is 32.3 Å². The summed E-state index contributed by atoms with van der Waals surface area (Å²) < 4.78 is 0. The van der Waals surface area contributed by atoms with Gasteiger partial charge in [0.1, 0.15) is 0 Å². The third kappa shape index (κ3) is 2.95. The van der Waals surface area contributed by atoms with E-state index in [2.05, 4.69) is 59.9 Å². The summed E-state index contributed by atoms with van der Waals surface area (Å²) in [7, 11) is 3.98. The lowest BCUT2D eigenvalue weighted by Crippen LogP contribution is -2.23. The smallest absolute Gasteiger partial charge is 0.251 e. The van der Waals surface area contributed by atoms with Crippen molar-refractivity contribution in [1.82, 2.24) is 5.32 Å². The Labute approximate surface area is 169 Å². The summed E-state index contributed by atoms with van der Waals surface area (Å²) in [6.45, 7) is 0.502. The molecule has 0 saturated heterocycles. The first kappa shape index (κ1) is 17.5. The van der Waals surface area contributed by atoms with Crippen LogP contribution in [0, 0.1) is 0 Å². The Morgan fingerprint density at radius 2 is 1.38 bits per heavy atom. The fraction of sp³-hybridized carbons (Fsp3) is 0.115. The number of carbonyl (C=O) groups excluding carboxylic acids is 1. The van der Waals surface area contributed by atoms with E-state index in [0.717, 1.165) is 11.3 Å². The van der Waals surface area contributed by atoms with Crippen LogP contribution in [0.3, 0.4) is 0 Å². The predicted octanol–water partition coefficient (Wildman–Crippen LogP) is 5.58. The zero-order chi connectivity index (χ0) is 20.0. The molecule has 0 saturated carbocycles. The van der Waals surface area contributed by atoms with Crippen LogP contribution in [0.1, 0.15) is 15.9 Å². The lowest BCUT2D eigenvalue weighted by Gasteiger charge is -2.15. The van der Waals surface area contributed by atoms with Gasteiger partial charge in [-0.3, -0.25) is 4.79 Å². The summed E-state index contributed by atoms with van der Waals surface area (Å²) in [4.78, 5) is 14.7. The minimum Gasteiger partial charge on any atom is -0.378 e. The van der Waals surface area contributed by atoms with Crippen LogP contribution in [0.5, 0.6) is 0 Å². The van der Waals surface area contributed by atoms with Crippen LogP contribution in [-0.2, 0) is 6.54 Å². The average Bonchev–Trinajstić information content (AvgIpc) is 2.76. The van der Waals surface area contributed by atoms with E-state index in [-0.39, 0.29) is 5.91 Å². The largest absolute Gasteiger partial charge is 0.378 e. The molecule has 0 radical (unpaired) electrons. The number of rotatable bonds is 4. The highest BCUT2D eigenvalue weighted by atomic mass is 16.1. The lowest BCUT2D eigenvalue weighted by atomic mass is 9.92. The molecule has 0 atom stereocenters. The number of hydrogen-bond acceptors (Lipinski definition) is 2. The van der Waals surface area contributed by atoms with Crippen molar-refractivity contribution in [3.8, 4) is 0 Å². The minimum atomic E-state index is -0.0546. The number of benzene rings is 5. The van der Waals surface area contributed by atoms with Crippen molar-refractivity contribution in [2.75, 3.05) is 19.0 Å². The molecule has 0 aromatic heterocycles. The summed E-state index contributed by atoms with van der Waals surface area (Å²) in [5, 5.41) is 10.6. The molecule has 0 fully saturated rings. The number of nitrogens with one attached hydrogen (secondary N) is 1. The van der Waals surface area contributed by atoms with Crippen LogP contribution in [0.2, 0.25) is 0 Å². The summed E-state index contributed by atoms with van der Waals surface area (Å²) >= 11 is 0. The van der Waals surface area contributed by atoms with Crippen molar-refractivity contribution in [3.63, 3.8) is 0 Å².